The first-order chi connectivity index (χ1) is 11.7. The van der Waals surface area contributed by atoms with Crippen LogP contribution < -0.4 is 5.56 Å². The van der Waals surface area contributed by atoms with Crippen LogP contribution in [0.1, 0.15) is 36.1 Å². The zero-order valence-electron chi connectivity index (χ0n) is 13.5. The van der Waals surface area contributed by atoms with E-state index < -0.39 is 0 Å². The van der Waals surface area contributed by atoms with Crippen LogP contribution in [0.4, 0.5) is 0 Å². The summed E-state index contributed by atoms with van der Waals surface area (Å²) in [6, 6.07) is 4.31. The lowest BCUT2D eigenvalue weighted by Gasteiger charge is -2.11. The molecule has 1 atom stereocenters. The van der Waals surface area contributed by atoms with Gasteiger partial charge in [0.15, 0.2) is 5.16 Å². The van der Waals surface area contributed by atoms with Crippen LogP contribution in [0.15, 0.2) is 9.95 Å². The van der Waals surface area contributed by atoms with Crippen molar-refractivity contribution >= 4 is 33.3 Å². The van der Waals surface area contributed by atoms with Gasteiger partial charge in [-0.25, -0.2) is 4.98 Å². The molecule has 124 valence electrons. The molecule has 3 rings (SSSR count). The molecule has 2 heterocycles. The molecule has 2 aromatic rings. The third-order valence-electron chi connectivity index (χ3n) is 4.36. The molecule has 2 aromatic heterocycles. The van der Waals surface area contributed by atoms with E-state index in [4.69, 9.17) is 10.2 Å². The molecule has 0 radical (unpaired) electrons. The number of nitrogens with zero attached hydrogens (tertiary/aromatic N) is 4. The number of fused-ring (bicyclic) bond motifs is 3. The molecule has 5 nitrogen and oxygen atoms in total. The largest absolute Gasteiger partial charge is 0.290 e. The van der Waals surface area contributed by atoms with Crippen LogP contribution in [-0.4, -0.2) is 15.3 Å². The quantitative estimate of drug-likeness (QED) is 0.604. The summed E-state index contributed by atoms with van der Waals surface area (Å²) in [6.45, 7) is 0. The number of thiophene rings is 1. The molecule has 7 heteroatoms. The van der Waals surface area contributed by atoms with E-state index in [-0.39, 0.29) is 11.5 Å². The summed E-state index contributed by atoms with van der Waals surface area (Å²) in [5.41, 5.74) is 1.22. The summed E-state index contributed by atoms with van der Waals surface area (Å²) in [6.07, 6.45) is 5.28. The van der Waals surface area contributed by atoms with Gasteiger partial charge in [-0.3, -0.25) is 9.36 Å². The second kappa shape index (κ2) is 7.38. The molecule has 0 unspecified atom stereocenters. The Bertz CT molecular complexity index is 900. The maximum Gasteiger partial charge on any atom is 0.262 e. The lowest BCUT2D eigenvalue weighted by Crippen LogP contribution is -2.21. The normalized spacial score (nSPS) is 14.8. The fraction of sp³-hybridized carbons (Fsp3) is 0.529. The van der Waals surface area contributed by atoms with Gasteiger partial charge in [-0.05, 0) is 37.7 Å². The third kappa shape index (κ3) is 3.19. The summed E-state index contributed by atoms with van der Waals surface area (Å²) < 4.78 is 1.60. The third-order valence-corrected chi connectivity index (χ3v) is 6.73. The van der Waals surface area contributed by atoms with Gasteiger partial charge in [0.1, 0.15) is 4.83 Å². The Balaban J connectivity index is 1.90. The molecular formula is C17H18N4OS2. The van der Waals surface area contributed by atoms with Crippen LogP contribution in [0.2, 0.25) is 0 Å². The lowest BCUT2D eigenvalue weighted by molar-refractivity contribution is 0.677. The van der Waals surface area contributed by atoms with Gasteiger partial charge in [0.05, 0.1) is 23.4 Å². The van der Waals surface area contributed by atoms with E-state index in [1.807, 2.05) is 0 Å². The van der Waals surface area contributed by atoms with Gasteiger partial charge in [0, 0.05) is 24.1 Å². The second-order valence-corrected chi connectivity index (χ2v) is 8.05. The van der Waals surface area contributed by atoms with Gasteiger partial charge in [0.25, 0.3) is 5.56 Å². The molecule has 1 aliphatic carbocycles. The molecular weight excluding hydrogens is 340 g/mol. The van der Waals surface area contributed by atoms with E-state index in [9.17, 15) is 10.1 Å². The Labute approximate surface area is 148 Å². The SMILES string of the molecule is Cn1c(SC[C@H](C#N)CCC#N)nc2sc3c(c2c1=O)CCCC3. The van der Waals surface area contributed by atoms with Gasteiger partial charge >= 0.3 is 0 Å². The monoisotopic (exact) mass is 358 g/mol. The fourth-order valence-corrected chi connectivity index (χ4v) is 5.33. The Kier molecular flexibility index (Phi) is 5.23. The highest BCUT2D eigenvalue weighted by molar-refractivity contribution is 7.99. The Morgan fingerprint density at radius 1 is 1.38 bits per heavy atom. The maximum atomic E-state index is 12.8. The van der Waals surface area contributed by atoms with E-state index >= 15 is 0 Å². The van der Waals surface area contributed by atoms with Crippen LogP contribution in [0.25, 0.3) is 10.2 Å². The summed E-state index contributed by atoms with van der Waals surface area (Å²) in [5, 5.41) is 19.3. The Morgan fingerprint density at radius 2 is 2.17 bits per heavy atom. The zero-order chi connectivity index (χ0) is 17.1. The minimum atomic E-state index is -0.196. The second-order valence-electron chi connectivity index (χ2n) is 5.98. The van der Waals surface area contributed by atoms with Gasteiger partial charge in [0.2, 0.25) is 0 Å². The van der Waals surface area contributed by atoms with Crippen molar-refractivity contribution in [3.05, 3.63) is 20.8 Å². The first-order valence-electron chi connectivity index (χ1n) is 8.06. The van der Waals surface area contributed by atoms with Crippen molar-refractivity contribution in [3.63, 3.8) is 0 Å². The molecule has 0 saturated heterocycles. The van der Waals surface area contributed by atoms with Crippen molar-refractivity contribution in [2.45, 2.75) is 43.7 Å². The number of rotatable bonds is 5. The topological polar surface area (TPSA) is 82.5 Å². The van der Waals surface area contributed by atoms with Crippen LogP contribution >= 0.6 is 23.1 Å². The predicted molar refractivity (Wildman–Crippen MR) is 96.2 cm³/mol. The average Bonchev–Trinajstić information content (AvgIpc) is 2.97. The predicted octanol–water partition coefficient (Wildman–Crippen LogP) is 3.41. The van der Waals surface area contributed by atoms with Crippen LogP contribution in [0.5, 0.6) is 0 Å². The number of nitriles is 2. The molecule has 0 N–H and O–H groups in total. The summed E-state index contributed by atoms with van der Waals surface area (Å²) in [7, 11) is 1.75. The highest BCUT2D eigenvalue weighted by Gasteiger charge is 2.21. The van der Waals surface area contributed by atoms with Gasteiger partial charge < -0.3 is 0 Å². The van der Waals surface area contributed by atoms with Crippen LogP contribution in [-0.2, 0) is 19.9 Å². The van der Waals surface area contributed by atoms with Gasteiger partial charge in [-0.2, -0.15) is 10.5 Å². The first-order valence-corrected chi connectivity index (χ1v) is 9.86. The maximum absolute atomic E-state index is 12.8. The van der Waals surface area contributed by atoms with Gasteiger partial charge in [-0.1, -0.05) is 11.8 Å². The number of hydrogen-bond acceptors (Lipinski definition) is 6. The van der Waals surface area contributed by atoms with Crippen molar-refractivity contribution in [2.75, 3.05) is 5.75 Å². The molecule has 0 aliphatic heterocycles. The van der Waals surface area contributed by atoms with Crippen LogP contribution in [0, 0.1) is 28.6 Å². The van der Waals surface area contributed by atoms with Crippen molar-refractivity contribution in [3.8, 4) is 12.1 Å². The molecule has 0 fully saturated rings. The molecule has 0 saturated carbocycles. The molecule has 0 spiro atoms. The molecule has 0 bridgehead atoms. The molecule has 24 heavy (non-hydrogen) atoms. The summed E-state index contributed by atoms with van der Waals surface area (Å²) in [4.78, 5) is 19.6. The average molecular weight is 358 g/mol. The van der Waals surface area contributed by atoms with Crippen molar-refractivity contribution in [2.24, 2.45) is 13.0 Å². The molecule has 0 aromatic carbocycles. The minimum absolute atomic E-state index is 0.0208. The number of thioether (sulfide) groups is 1. The minimum Gasteiger partial charge on any atom is -0.290 e. The van der Waals surface area contributed by atoms with E-state index in [0.717, 1.165) is 29.5 Å². The number of hydrogen-bond donors (Lipinski definition) is 0. The zero-order valence-corrected chi connectivity index (χ0v) is 15.2. The summed E-state index contributed by atoms with van der Waals surface area (Å²) >= 11 is 3.08. The van der Waals surface area contributed by atoms with Gasteiger partial charge in [-0.15, -0.1) is 11.3 Å². The van der Waals surface area contributed by atoms with Crippen LogP contribution in [0.3, 0.4) is 0 Å². The van der Waals surface area contributed by atoms with Crippen molar-refractivity contribution < 1.29 is 0 Å². The Morgan fingerprint density at radius 3 is 2.92 bits per heavy atom. The van der Waals surface area contributed by atoms with E-state index in [1.54, 1.807) is 23.0 Å². The van der Waals surface area contributed by atoms with Crippen molar-refractivity contribution in [1.29, 1.82) is 10.5 Å². The lowest BCUT2D eigenvalue weighted by atomic mass is 9.97. The fourth-order valence-electron chi connectivity index (χ4n) is 3.00. The summed E-state index contributed by atoms with van der Waals surface area (Å²) in [5.74, 6) is 0.355. The standard InChI is InChI=1S/C17H18N4OS2/c1-21-16(22)14-12-6-2-3-7-13(12)24-15(14)20-17(21)23-10-11(9-19)5-4-8-18/h11H,2-7,10H2,1H3/t11-/m0/s1. The van der Waals surface area contributed by atoms with E-state index in [1.165, 1.54) is 28.6 Å². The number of aryl methyl sites for hydroxylation is 2. The van der Waals surface area contributed by atoms with Crippen molar-refractivity contribution in [1.82, 2.24) is 9.55 Å². The highest BCUT2D eigenvalue weighted by Crippen LogP contribution is 2.34. The Hall–Kier alpha value is -1.83. The first kappa shape index (κ1) is 17.0. The van der Waals surface area contributed by atoms with E-state index in [0.29, 0.717) is 23.8 Å². The molecule has 0 amide bonds. The van der Waals surface area contributed by atoms with E-state index in [2.05, 4.69) is 12.1 Å². The number of aromatic nitrogens is 2. The molecule has 1 aliphatic rings. The highest BCUT2D eigenvalue weighted by atomic mass is 32.2. The smallest absolute Gasteiger partial charge is 0.262 e.